The van der Waals surface area contributed by atoms with Crippen LogP contribution in [0.1, 0.15) is 57.8 Å². The number of carbonyl (C=O) groups excluding carboxylic acids is 6. The second kappa shape index (κ2) is 19.1. The van der Waals surface area contributed by atoms with Gasteiger partial charge in [0.05, 0.1) is 7.11 Å². The first kappa shape index (κ1) is 36.9. The normalized spacial score (nSPS) is 21.2. The Morgan fingerprint density at radius 2 is 1.24 bits per heavy atom. The molecule has 0 aliphatic carbocycles. The number of hydrogen-bond donors (Lipinski definition) is 7. The first-order valence-electron chi connectivity index (χ1n) is 14.6. The van der Waals surface area contributed by atoms with Crippen molar-refractivity contribution < 1.29 is 62.8 Å². The van der Waals surface area contributed by atoms with Gasteiger partial charge in [-0.3, -0.25) is 38.4 Å². The van der Waals surface area contributed by atoms with Crippen LogP contribution in [-0.2, 0) is 52.6 Å². The Kier molecular flexibility index (Phi) is 15.7. The van der Waals surface area contributed by atoms with Crippen molar-refractivity contribution in [3.8, 4) is 0 Å². The molecule has 45 heavy (non-hydrogen) atoms. The highest BCUT2D eigenvalue weighted by Gasteiger charge is 2.32. The lowest BCUT2D eigenvalue weighted by atomic mass is 10.1. The lowest BCUT2D eigenvalue weighted by Crippen LogP contribution is -2.49. The summed E-state index contributed by atoms with van der Waals surface area (Å²) < 4.78 is 14.9. The Morgan fingerprint density at radius 3 is 1.71 bits per heavy atom. The molecule has 0 radical (unpaired) electrons. The Labute approximate surface area is 258 Å². The van der Waals surface area contributed by atoms with Crippen molar-refractivity contribution >= 4 is 47.6 Å². The minimum Gasteiger partial charge on any atom is -0.480 e. The summed E-state index contributed by atoms with van der Waals surface area (Å²) in [7, 11) is 1.14. The number of carbonyl (C=O) groups is 8. The van der Waals surface area contributed by atoms with Crippen molar-refractivity contribution in [2.75, 3.05) is 33.3 Å². The molecule has 0 aromatic carbocycles. The molecule has 2 rings (SSSR count). The third-order valence-corrected chi connectivity index (χ3v) is 6.98. The number of rotatable bonds is 19. The number of ether oxygens (including phenoxy) is 3. The van der Waals surface area contributed by atoms with E-state index in [2.05, 4.69) is 31.3 Å². The number of carboxylic acid groups (broad SMARTS) is 2. The van der Waals surface area contributed by atoms with E-state index in [0.29, 0.717) is 0 Å². The fourth-order valence-corrected chi connectivity index (χ4v) is 4.57. The third-order valence-electron chi connectivity index (χ3n) is 6.98. The van der Waals surface area contributed by atoms with E-state index in [1.54, 1.807) is 0 Å². The first-order chi connectivity index (χ1) is 21.4. The van der Waals surface area contributed by atoms with E-state index in [1.165, 1.54) is 0 Å². The standard InChI is InChI=1S/C27H41N5O13/c1-43-24(37)14-31-25(38)17(32-21(34)5-3-7-23(36)45-16-11-19(27(41)42)30-13-16)8-9-28-20(33)4-2-6-22(35)44-15-10-18(26(39)40)29-12-15/h15-19,29-30H,2-14H2,1H3,(H,28,33)(H,31,38)(H,32,34)(H,39,40)(H,41,42)/t15-,16-,17+,18+,19+/m1/s1. The summed E-state index contributed by atoms with van der Waals surface area (Å²) in [5.74, 6) is -5.59. The summed E-state index contributed by atoms with van der Waals surface area (Å²) in [6.07, 6.45) is -0.909. The van der Waals surface area contributed by atoms with Crippen LogP contribution in [0.25, 0.3) is 0 Å². The molecule has 2 saturated heterocycles. The SMILES string of the molecule is COC(=O)CNC(=O)[C@H](CCNC(=O)CCCC(=O)O[C@H]1CN[C@H](C(=O)O)C1)NC(=O)CCCC(=O)O[C@H]1CN[C@H](C(=O)O)C1. The first-order valence-corrected chi connectivity index (χ1v) is 14.6. The molecule has 2 aliphatic heterocycles. The number of hydrogen-bond acceptors (Lipinski definition) is 13. The zero-order chi connectivity index (χ0) is 33.4. The van der Waals surface area contributed by atoms with E-state index in [1.807, 2.05) is 0 Å². The highest BCUT2D eigenvalue weighted by Crippen LogP contribution is 2.13. The van der Waals surface area contributed by atoms with E-state index in [4.69, 9.17) is 19.7 Å². The molecular weight excluding hydrogens is 602 g/mol. The number of amides is 3. The van der Waals surface area contributed by atoms with Gasteiger partial charge in [-0.05, 0) is 19.3 Å². The minimum atomic E-state index is -1.13. The molecule has 18 heteroatoms. The van der Waals surface area contributed by atoms with E-state index in [9.17, 15) is 38.4 Å². The zero-order valence-corrected chi connectivity index (χ0v) is 25.0. The topological polar surface area (TPSA) is 265 Å². The van der Waals surface area contributed by atoms with Gasteiger partial charge in [-0.1, -0.05) is 0 Å². The van der Waals surface area contributed by atoms with Crippen LogP contribution in [0.5, 0.6) is 0 Å². The minimum absolute atomic E-state index is 0.0225. The van der Waals surface area contributed by atoms with Gasteiger partial charge >= 0.3 is 29.8 Å². The molecular formula is C27H41N5O13. The Balaban J connectivity index is 1.71. The largest absolute Gasteiger partial charge is 0.480 e. The molecule has 18 nitrogen and oxygen atoms in total. The Bertz CT molecular complexity index is 1100. The van der Waals surface area contributed by atoms with Crippen molar-refractivity contribution in [2.24, 2.45) is 0 Å². The summed E-state index contributed by atoms with van der Waals surface area (Å²) in [6.45, 7) is -0.0229. The average Bonchev–Trinajstić information content (AvgIpc) is 3.65. The maximum Gasteiger partial charge on any atom is 0.325 e. The van der Waals surface area contributed by atoms with Crippen LogP contribution in [-0.4, -0.2) is 121 Å². The van der Waals surface area contributed by atoms with Crippen LogP contribution < -0.4 is 26.6 Å². The molecule has 2 fully saturated rings. The maximum atomic E-state index is 12.6. The monoisotopic (exact) mass is 643 g/mol. The molecule has 0 unspecified atom stereocenters. The summed E-state index contributed by atoms with van der Waals surface area (Å²) >= 11 is 0. The predicted molar refractivity (Wildman–Crippen MR) is 150 cm³/mol. The molecule has 2 heterocycles. The van der Waals surface area contributed by atoms with Gasteiger partial charge < -0.3 is 51.0 Å². The molecule has 5 atom stereocenters. The molecule has 0 bridgehead atoms. The third kappa shape index (κ3) is 14.3. The summed E-state index contributed by atoms with van der Waals surface area (Å²) in [5, 5.41) is 30.9. The molecule has 0 aromatic rings. The number of aliphatic carboxylic acids is 2. The van der Waals surface area contributed by atoms with Gasteiger partial charge in [0.25, 0.3) is 0 Å². The molecule has 3 amide bonds. The fraction of sp³-hybridized carbons (Fsp3) is 0.704. The van der Waals surface area contributed by atoms with Crippen molar-refractivity contribution in [1.82, 2.24) is 26.6 Å². The number of esters is 3. The van der Waals surface area contributed by atoms with Crippen LogP contribution in [0, 0.1) is 0 Å². The lowest BCUT2D eigenvalue weighted by molar-refractivity contribution is -0.150. The van der Waals surface area contributed by atoms with Crippen LogP contribution in [0.15, 0.2) is 0 Å². The van der Waals surface area contributed by atoms with Gasteiger partial charge in [-0.25, -0.2) is 0 Å². The van der Waals surface area contributed by atoms with Gasteiger partial charge in [0.2, 0.25) is 17.7 Å². The van der Waals surface area contributed by atoms with Crippen molar-refractivity contribution in [2.45, 2.75) is 88.1 Å². The van der Waals surface area contributed by atoms with E-state index in [-0.39, 0.29) is 77.4 Å². The van der Waals surface area contributed by atoms with Gasteiger partial charge in [0.1, 0.15) is 36.9 Å². The van der Waals surface area contributed by atoms with Crippen LogP contribution in [0.2, 0.25) is 0 Å². The summed E-state index contributed by atoms with van der Waals surface area (Å²) in [6, 6.07) is -2.69. The fourth-order valence-electron chi connectivity index (χ4n) is 4.57. The molecule has 0 saturated carbocycles. The van der Waals surface area contributed by atoms with Crippen molar-refractivity contribution in [3.63, 3.8) is 0 Å². The van der Waals surface area contributed by atoms with E-state index >= 15 is 0 Å². The highest BCUT2D eigenvalue weighted by molar-refractivity contribution is 5.89. The van der Waals surface area contributed by atoms with Crippen LogP contribution in [0.3, 0.4) is 0 Å². The van der Waals surface area contributed by atoms with Gasteiger partial charge in [-0.15, -0.1) is 0 Å². The number of carboxylic acids is 2. The number of nitrogens with one attached hydrogen (secondary N) is 5. The van der Waals surface area contributed by atoms with Crippen molar-refractivity contribution in [1.29, 1.82) is 0 Å². The molecule has 7 N–H and O–H groups in total. The Hall–Kier alpha value is -4.32. The van der Waals surface area contributed by atoms with E-state index in [0.717, 1.165) is 7.11 Å². The second-order valence-corrected chi connectivity index (χ2v) is 10.6. The predicted octanol–water partition coefficient (Wildman–Crippen LogP) is -2.68. The van der Waals surface area contributed by atoms with Gasteiger partial charge in [-0.2, -0.15) is 0 Å². The molecule has 0 spiro atoms. The van der Waals surface area contributed by atoms with Crippen molar-refractivity contribution in [3.05, 3.63) is 0 Å². The quantitative estimate of drug-likeness (QED) is 0.0559. The average molecular weight is 644 g/mol. The van der Waals surface area contributed by atoms with Crippen LogP contribution >= 0.6 is 0 Å². The lowest BCUT2D eigenvalue weighted by Gasteiger charge is -2.18. The molecule has 252 valence electrons. The maximum absolute atomic E-state index is 12.6. The zero-order valence-electron chi connectivity index (χ0n) is 25.0. The Morgan fingerprint density at radius 1 is 0.733 bits per heavy atom. The number of methoxy groups -OCH3 is 1. The highest BCUT2D eigenvalue weighted by atomic mass is 16.5. The summed E-state index contributed by atoms with van der Waals surface area (Å²) in [5.41, 5.74) is 0. The van der Waals surface area contributed by atoms with Gasteiger partial charge in [0, 0.05) is 58.2 Å². The second-order valence-electron chi connectivity index (χ2n) is 10.6. The summed E-state index contributed by atoms with van der Waals surface area (Å²) in [4.78, 5) is 94.8. The van der Waals surface area contributed by atoms with Crippen LogP contribution in [0.4, 0.5) is 0 Å². The smallest absolute Gasteiger partial charge is 0.325 e. The van der Waals surface area contributed by atoms with Gasteiger partial charge in [0.15, 0.2) is 0 Å². The van der Waals surface area contributed by atoms with E-state index < -0.39 is 84.4 Å². The molecule has 0 aromatic heterocycles. The molecule has 2 aliphatic rings.